The lowest BCUT2D eigenvalue weighted by Crippen LogP contribution is -2.02. The second kappa shape index (κ2) is 7.22. The van der Waals surface area contributed by atoms with Crippen LogP contribution in [0.4, 0.5) is 5.82 Å². The lowest BCUT2D eigenvalue weighted by Gasteiger charge is -2.10. The molecule has 1 aromatic rings. The lowest BCUT2D eigenvalue weighted by atomic mass is 10.1. The molecule has 0 saturated heterocycles. The summed E-state index contributed by atoms with van der Waals surface area (Å²) in [4.78, 5) is 7.97. The predicted molar refractivity (Wildman–Crippen MR) is 77.1 cm³/mol. The molecule has 1 N–H and O–H groups in total. The van der Waals surface area contributed by atoms with Crippen LogP contribution < -0.4 is 5.32 Å². The molecule has 1 rings (SSSR count). The molecule has 3 heteroatoms. The van der Waals surface area contributed by atoms with Gasteiger partial charge in [0.05, 0.1) is 0 Å². The smallest absolute Gasteiger partial charge is 0.133 e. The Hall–Kier alpha value is -2.16. The number of hydrogen-bond donors (Lipinski definition) is 1. The molecule has 0 aliphatic carbocycles. The Morgan fingerprint density at radius 3 is 2.72 bits per heavy atom. The monoisotopic (exact) mass is 241 g/mol. The summed E-state index contributed by atoms with van der Waals surface area (Å²) in [5, 5.41) is 3.16. The van der Waals surface area contributed by atoms with Crippen molar-refractivity contribution in [2.45, 2.75) is 20.8 Å². The molecule has 0 spiro atoms. The van der Waals surface area contributed by atoms with Crippen LogP contribution in [0.1, 0.15) is 20.8 Å². The highest BCUT2D eigenvalue weighted by molar-refractivity contribution is 5.48. The Morgan fingerprint density at radius 2 is 2.11 bits per heavy atom. The number of hydrogen-bond acceptors (Lipinski definition) is 3. The summed E-state index contributed by atoms with van der Waals surface area (Å²) in [6, 6.07) is 1.81. The zero-order valence-electron chi connectivity index (χ0n) is 11.1. The molecule has 0 fully saturated rings. The summed E-state index contributed by atoms with van der Waals surface area (Å²) < 4.78 is 0. The van der Waals surface area contributed by atoms with Crippen molar-refractivity contribution in [1.29, 1.82) is 0 Å². The van der Waals surface area contributed by atoms with Gasteiger partial charge in [-0.2, -0.15) is 0 Å². The largest absolute Gasteiger partial charge is 0.340 e. The first-order valence-electron chi connectivity index (χ1n) is 5.84. The highest BCUT2D eigenvalue weighted by atomic mass is 15.0. The van der Waals surface area contributed by atoms with Gasteiger partial charge in [0.1, 0.15) is 12.1 Å². The molecule has 0 radical (unpaired) electrons. The Morgan fingerprint density at radius 1 is 1.33 bits per heavy atom. The summed E-state index contributed by atoms with van der Waals surface area (Å²) in [5.41, 5.74) is 3.12. The van der Waals surface area contributed by atoms with Crippen molar-refractivity contribution in [2.75, 3.05) is 5.32 Å². The third-order valence-electron chi connectivity index (χ3n) is 2.55. The van der Waals surface area contributed by atoms with Gasteiger partial charge in [-0.05, 0) is 38.0 Å². The van der Waals surface area contributed by atoms with Gasteiger partial charge in [-0.3, -0.25) is 0 Å². The van der Waals surface area contributed by atoms with Gasteiger partial charge in [-0.15, -0.1) is 0 Å². The second-order valence-electron chi connectivity index (χ2n) is 3.89. The Labute approximate surface area is 109 Å². The maximum atomic E-state index is 4.10. The molecule has 3 nitrogen and oxygen atoms in total. The second-order valence-corrected chi connectivity index (χ2v) is 3.89. The topological polar surface area (TPSA) is 37.8 Å². The Balaban J connectivity index is 2.74. The first kappa shape index (κ1) is 13.9. The number of nitrogens with zero attached hydrogens (tertiary/aromatic N) is 2. The van der Waals surface area contributed by atoms with Crippen LogP contribution in [0.3, 0.4) is 0 Å². The third-order valence-corrected chi connectivity index (χ3v) is 2.55. The van der Waals surface area contributed by atoms with E-state index in [1.54, 1.807) is 6.20 Å². The number of allylic oxidation sites excluding steroid dienone is 6. The van der Waals surface area contributed by atoms with E-state index in [1.165, 1.54) is 11.9 Å². The first-order chi connectivity index (χ1) is 8.65. The number of aromatic nitrogens is 2. The van der Waals surface area contributed by atoms with Crippen LogP contribution >= 0.6 is 0 Å². The molecule has 0 bridgehead atoms. The SMILES string of the molecule is C=C(Nc1ccncn1)\C(C)=C(C)/C=C\C=C/C. The fraction of sp³-hybridized carbons (Fsp3) is 0.200. The molecule has 0 amide bonds. The van der Waals surface area contributed by atoms with Crippen molar-refractivity contribution in [3.63, 3.8) is 0 Å². The average molecular weight is 241 g/mol. The fourth-order valence-corrected chi connectivity index (χ4v) is 1.29. The molecule has 0 aromatic carbocycles. The Bertz CT molecular complexity index is 482. The van der Waals surface area contributed by atoms with Gasteiger partial charge in [0.2, 0.25) is 0 Å². The van der Waals surface area contributed by atoms with Crippen LogP contribution in [-0.2, 0) is 0 Å². The van der Waals surface area contributed by atoms with Gasteiger partial charge in [0, 0.05) is 11.9 Å². The van der Waals surface area contributed by atoms with Crippen molar-refractivity contribution in [3.05, 3.63) is 66.3 Å². The van der Waals surface area contributed by atoms with E-state index in [4.69, 9.17) is 0 Å². The normalized spacial score (nSPS) is 12.8. The minimum absolute atomic E-state index is 0.750. The molecule has 0 aliphatic rings. The zero-order valence-corrected chi connectivity index (χ0v) is 11.1. The molecule has 0 atom stereocenters. The first-order valence-corrected chi connectivity index (χ1v) is 5.84. The van der Waals surface area contributed by atoms with E-state index in [0.29, 0.717) is 0 Å². The molecule has 18 heavy (non-hydrogen) atoms. The molecule has 0 unspecified atom stereocenters. The number of anilines is 1. The van der Waals surface area contributed by atoms with Crippen LogP contribution in [-0.4, -0.2) is 9.97 Å². The van der Waals surface area contributed by atoms with E-state index in [1.807, 2.05) is 38.1 Å². The van der Waals surface area contributed by atoms with E-state index >= 15 is 0 Å². The van der Waals surface area contributed by atoms with E-state index < -0.39 is 0 Å². The summed E-state index contributed by atoms with van der Waals surface area (Å²) in [5.74, 6) is 0.750. The molecule has 1 aromatic heterocycles. The minimum Gasteiger partial charge on any atom is -0.340 e. The van der Waals surface area contributed by atoms with Gasteiger partial charge >= 0.3 is 0 Å². The van der Waals surface area contributed by atoms with E-state index in [0.717, 1.165) is 17.1 Å². The summed E-state index contributed by atoms with van der Waals surface area (Å²) in [7, 11) is 0. The minimum atomic E-state index is 0.750. The molecule has 94 valence electrons. The highest BCUT2D eigenvalue weighted by Crippen LogP contribution is 2.15. The van der Waals surface area contributed by atoms with Crippen molar-refractivity contribution in [1.82, 2.24) is 9.97 Å². The molecular weight excluding hydrogens is 222 g/mol. The van der Waals surface area contributed by atoms with Crippen molar-refractivity contribution < 1.29 is 0 Å². The number of nitrogens with one attached hydrogen (secondary N) is 1. The van der Waals surface area contributed by atoms with Crippen LogP contribution in [0.25, 0.3) is 0 Å². The predicted octanol–water partition coefficient (Wildman–Crippen LogP) is 3.87. The van der Waals surface area contributed by atoms with Crippen LogP contribution in [0.15, 0.2) is 66.3 Å². The average Bonchev–Trinajstić information content (AvgIpc) is 2.39. The van der Waals surface area contributed by atoms with Gasteiger partial charge in [-0.1, -0.05) is 30.9 Å². The summed E-state index contributed by atoms with van der Waals surface area (Å²) >= 11 is 0. The van der Waals surface area contributed by atoms with E-state index in [9.17, 15) is 0 Å². The molecule has 0 saturated carbocycles. The summed E-state index contributed by atoms with van der Waals surface area (Å²) in [6.45, 7) is 10.1. The van der Waals surface area contributed by atoms with E-state index in [-0.39, 0.29) is 0 Å². The molecule has 0 aliphatic heterocycles. The lowest BCUT2D eigenvalue weighted by molar-refractivity contribution is 1.15. The van der Waals surface area contributed by atoms with Crippen molar-refractivity contribution in [2.24, 2.45) is 0 Å². The zero-order chi connectivity index (χ0) is 13.4. The Kier molecular flexibility index (Phi) is 5.58. The quantitative estimate of drug-likeness (QED) is 0.795. The van der Waals surface area contributed by atoms with Crippen LogP contribution in [0, 0.1) is 0 Å². The summed E-state index contributed by atoms with van der Waals surface area (Å²) in [6.07, 6.45) is 11.3. The van der Waals surface area contributed by atoms with Gasteiger partial charge in [0.25, 0.3) is 0 Å². The van der Waals surface area contributed by atoms with Crippen molar-refractivity contribution >= 4 is 5.82 Å². The maximum absolute atomic E-state index is 4.10. The maximum Gasteiger partial charge on any atom is 0.133 e. The third kappa shape index (κ3) is 4.37. The van der Waals surface area contributed by atoms with Crippen LogP contribution in [0.2, 0.25) is 0 Å². The standard InChI is InChI=1S/C15H19N3/c1-5-6-7-8-12(2)13(3)14(4)18-15-9-10-16-11-17-15/h5-11H,4H2,1-3H3,(H,16,17,18)/b6-5-,8-7-,13-12-. The number of rotatable bonds is 5. The highest BCUT2D eigenvalue weighted by Gasteiger charge is 2.01. The van der Waals surface area contributed by atoms with Gasteiger partial charge in [-0.25, -0.2) is 9.97 Å². The van der Waals surface area contributed by atoms with Gasteiger partial charge in [0.15, 0.2) is 0 Å². The van der Waals surface area contributed by atoms with Crippen LogP contribution in [0.5, 0.6) is 0 Å². The molecular formula is C15H19N3. The fourth-order valence-electron chi connectivity index (χ4n) is 1.29. The van der Waals surface area contributed by atoms with E-state index in [2.05, 4.69) is 34.9 Å². The molecule has 1 heterocycles. The van der Waals surface area contributed by atoms with Gasteiger partial charge < -0.3 is 5.32 Å². The van der Waals surface area contributed by atoms with Crippen molar-refractivity contribution in [3.8, 4) is 0 Å².